The van der Waals surface area contributed by atoms with Crippen molar-refractivity contribution in [1.29, 1.82) is 0 Å². The Morgan fingerprint density at radius 3 is 2.73 bits per heavy atom. The number of benzene rings is 1. The standard InChI is InChI=1S/C18H24N4O3S/c1-4-19-18(26)22(6-5-21(2)3)10-13-7-12-8-15-16(25-11-24-15)9-14(12)20-17(13)23/h7-9H,4-6,10-11H2,1-3H3,(H,19,26)(H,20,23)/p+1. The molecule has 0 unspecified atom stereocenters. The molecule has 0 amide bonds. The van der Waals surface area contributed by atoms with Crippen LogP contribution in [0.4, 0.5) is 0 Å². The molecule has 140 valence electrons. The van der Waals surface area contributed by atoms with Crippen LogP contribution in [0, 0.1) is 0 Å². The topological polar surface area (TPSA) is 71.0 Å². The Labute approximate surface area is 157 Å². The highest BCUT2D eigenvalue weighted by Gasteiger charge is 2.17. The minimum atomic E-state index is -0.113. The third-order valence-corrected chi connectivity index (χ3v) is 4.68. The molecule has 0 aliphatic carbocycles. The molecule has 0 bridgehead atoms. The van der Waals surface area contributed by atoms with Crippen LogP contribution in [0.2, 0.25) is 0 Å². The lowest BCUT2D eigenvalue weighted by molar-refractivity contribution is -0.857. The minimum Gasteiger partial charge on any atom is -0.454 e. The summed E-state index contributed by atoms with van der Waals surface area (Å²) in [6, 6.07) is 5.60. The van der Waals surface area contributed by atoms with Gasteiger partial charge < -0.3 is 29.6 Å². The van der Waals surface area contributed by atoms with Gasteiger partial charge in [-0.2, -0.15) is 0 Å². The maximum Gasteiger partial charge on any atom is 0.253 e. The number of hydrogen-bond donors (Lipinski definition) is 3. The van der Waals surface area contributed by atoms with E-state index in [0.29, 0.717) is 28.7 Å². The number of thiocarbonyl (C=S) groups is 1. The lowest BCUT2D eigenvalue weighted by Crippen LogP contribution is -3.06. The van der Waals surface area contributed by atoms with E-state index in [0.717, 1.165) is 30.5 Å². The van der Waals surface area contributed by atoms with E-state index in [9.17, 15) is 4.79 Å². The first kappa shape index (κ1) is 18.5. The molecule has 1 aromatic heterocycles. The van der Waals surface area contributed by atoms with Crippen molar-refractivity contribution in [2.75, 3.05) is 40.5 Å². The Hall–Kier alpha value is -2.32. The van der Waals surface area contributed by atoms with E-state index < -0.39 is 0 Å². The number of pyridine rings is 1. The van der Waals surface area contributed by atoms with Crippen LogP contribution < -0.4 is 25.2 Å². The van der Waals surface area contributed by atoms with Gasteiger partial charge in [0.15, 0.2) is 16.6 Å². The predicted molar refractivity (Wildman–Crippen MR) is 105 cm³/mol. The third kappa shape index (κ3) is 4.08. The molecule has 2 aromatic rings. The van der Waals surface area contributed by atoms with E-state index in [1.54, 1.807) is 6.07 Å². The van der Waals surface area contributed by atoms with Crippen LogP contribution in [-0.2, 0) is 6.54 Å². The van der Waals surface area contributed by atoms with Gasteiger partial charge in [-0.25, -0.2) is 0 Å². The van der Waals surface area contributed by atoms with Gasteiger partial charge in [0.25, 0.3) is 5.56 Å². The highest BCUT2D eigenvalue weighted by atomic mass is 32.1. The van der Waals surface area contributed by atoms with E-state index in [1.807, 2.05) is 24.0 Å². The minimum absolute atomic E-state index is 0.113. The summed E-state index contributed by atoms with van der Waals surface area (Å²) in [6.45, 7) is 5.12. The maximum atomic E-state index is 12.6. The van der Waals surface area contributed by atoms with Gasteiger partial charge in [0.1, 0.15) is 0 Å². The lowest BCUT2D eigenvalue weighted by Gasteiger charge is -2.25. The van der Waals surface area contributed by atoms with Gasteiger partial charge in [-0.15, -0.1) is 0 Å². The quantitative estimate of drug-likeness (QED) is 0.621. The highest BCUT2D eigenvalue weighted by molar-refractivity contribution is 7.80. The molecule has 8 heteroatoms. The van der Waals surface area contributed by atoms with Crippen LogP contribution in [-0.4, -0.2) is 55.5 Å². The van der Waals surface area contributed by atoms with Gasteiger partial charge >= 0.3 is 0 Å². The first-order valence-corrected chi connectivity index (χ1v) is 9.16. The first-order valence-electron chi connectivity index (χ1n) is 8.75. The molecule has 1 aromatic carbocycles. The molecular formula is C18H25N4O3S+. The molecule has 0 saturated carbocycles. The second-order valence-corrected chi connectivity index (χ2v) is 7.02. The van der Waals surface area contributed by atoms with E-state index in [4.69, 9.17) is 21.7 Å². The Morgan fingerprint density at radius 1 is 1.31 bits per heavy atom. The molecule has 26 heavy (non-hydrogen) atoms. The number of aromatic amines is 1. The maximum absolute atomic E-state index is 12.6. The molecule has 3 N–H and O–H groups in total. The van der Waals surface area contributed by atoms with Gasteiger partial charge in [-0.3, -0.25) is 4.79 Å². The zero-order chi connectivity index (χ0) is 18.7. The zero-order valence-electron chi connectivity index (χ0n) is 15.3. The van der Waals surface area contributed by atoms with Gasteiger partial charge in [0, 0.05) is 23.6 Å². The summed E-state index contributed by atoms with van der Waals surface area (Å²) < 4.78 is 10.8. The summed E-state index contributed by atoms with van der Waals surface area (Å²) in [4.78, 5) is 18.9. The summed E-state index contributed by atoms with van der Waals surface area (Å²) in [7, 11) is 4.19. The van der Waals surface area contributed by atoms with Gasteiger partial charge in [0.05, 0.1) is 39.2 Å². The second-order valence-electron chi connectivity index (χ2n) is 6.63. The average Bonchev–Trinajstić information content (AvgIpc) is 3.04. The molecule has 1 aliphatic rings. The fourth-order valence-electron chi connectivity index (χ4n) is 2.84. The summed E-state index contributed by atoms with van der Waals surface area (Å²) in [5.41, 5.74) is 1.30. The third-order valence-electron chi connectivity index (χ3n) is 4.27. The van der Waals surface area contributed by atoms with Crippen LogP contribution in [0.1, 0.15) is 12.5 Å². The fourth-order valence-corrected chi connectivity index (χ4v) is 3.14. The Morgan fingerprint density at radius 2 is 2.04 bits per heavy atom. The van der Waals surface area contributed by atoms with Crippen molar-refractivity contribution >= 4 is 28.2 Å². The molecule has 3 rings (SSSR count). The summed E-state index contributed by atoms with van der Waals surface area (Å²) in [5, 5.41) is 4.76. The summed E-state index contributed by atoms with van der Waals surface area (Å²) in [6.07, 6.45) is 0. The molecule has 0 atom stereocenters. The number of fused-ring (bicyclic) bond motifs is 2. The number of H-pyrrole nitrogens is 1. The first-order chi connectivity index (χ1) is 12.5. The van der Waals surface area contributed by atoms with Gasteiger partial charge in [-0.05, 0) is 31.3 Å². The molecule has 1 aliphatic heterocycles. The Bertz CT molecular complexity index is 865. The average molecular weight is 377 g/mol. The van der Waals surface area contributed by atoms with E-state index >= 15 is 0 Å². The number of nitrogens with zero attached hydrogens (tertiary/aromatic N) is 1. The normalized spacial score (nSPS) is 12.6. The Balaban J connectivity index is 1.89. The fraction of sp³-hybridized carbons (Fsp3) is 0.444. The van der Waals surface area contributed by atoms with Crippen molar-refractivity contribution < 1.29 is 14.4 Å². The van der Waals surface area contributed by atoms with Crippen molar-refractivity contribution in [3.63, 3.8) is 0 Å². The number of rotatable bonds is 6. The number of likely N-dealkylation sites (N-methyl/N-ethyl adjacent to an activating group) is 1. The molecule has 7 nitrogen and oxygen atoms in total. The molecule has 0 spiro atoms. The largest absolute Gasteiger partial charge is 0.454 e. The van der Waals surface area contributed by atoms with Crippen molar-refractivity contribution in [2.45, 2.75) is 13.5 Å². The number of aromatic nitrogens is 1. The van der Waals surface area contributed by atoms with Gasteiger partial charge in [-0.1, -0.05) is 0 Å². The van der Waals surface area contributed by atoms with Crippen molar-refractivity contribution in [2.24, 2.45) is 0 Å². The highest BCUT2D eigenvalue weighted by Crippen LogP contribution is 2.35. The van der Waals surface area contributed by atoms with Gasteiger partial charge in [0.2, 0.25) is 6.79 Å². The molecule has 0 fully saturated rings. The number of hydrogen-bond acceptors (Lipinski definition) is 4. The summed E-state index contributed by atoms with van der Waals surface area (Å²) >= 11 is 5.49. The zero-order valence-corrected chi connectivity index (χ0v) is 16.2. The van der Waals surface area contributed by atoms with Crippen LogP contribution in [0.15, 0.2) is 23.0 Å². The van der Waals surface area contributed by atoms with Crippen LogP contribution in [0.3, 0.4) is 0 Å². The van der Waals surface area contributed by atoms with Crippen molar-refractivity contribution in [3.8, 4) is 11.5 Å². The second kappa shape index (κ2) is 7.92. The number of nitrogens with one attached hydrogen (secondary N) is 3. The summed E-state index contributed by atoms with van der Waals surface area (Å²) in [5.74, 6) is 1.36. The van der Waals surface area contributed by atoms with Crippen LogP contribution in [0.25, 0.3) is 10.9 Å². The SMILES string of the molecule is CCNC(=S)N(CC[NH+](C)C)Cc1cc2cc3c(cc2[nH]c1=O)OCO3. The van der Waals surface area contributed by atoms with Crippen molar-refractivity contribution in [1.82, 2.24) is 15.2 Å². The molecular weight excluding hydrogens is 352 g/mol. The lowest BCUT2D eigenvalue weighted by atomic mass is 10.1. The van der Waals surface area contributed by atoms with Crippen molar-refractivity contribution in [3.05, 3.63) is 34.1 Å². The van der Waals surface area contributed by atoms with Crippen LogP contribution in [0.5, 0.6) is 11.5 Å². The number of quaternary nitrogens is 1. The molecule has 0 saturated heterocycles. The van der Waals surface area contributed by atoms with E-state index in [1.165, 1.54) is 4.90 Å². The molecule has 2 heterocycles. The van der Waals surface area contributed by atoms with E-state index in [-0.39, 0.29) is 12.4 Å². The van der Waals surface area contributed by atoms with E-state index in [2.05, 4.69) is 24.4 Å². The Kier molecular flexibility index (Phi) is 5.63. The smallest absolute Gasteiger partial charge is 0.253 e. The van der Waals surface area contributed by atoms with Crippen LogP contribution >= 0.6 is 12.2 Å². The monoisotopic (exact) mass is 377 g/mol. The predicted octanol–water partition coefficient (Wildman–Crippen LogP) is 0.0977. The molecule has 0 radical (unpaired) electrons. The number of ether oxygens (including phenoxy) is 2.